The number of rotatable bonds is 11. The number of sulfonamides is 1. The minimum atomic E-state index is -3.85. The quantitative estimate of drug-likeness (QED) is 0.424. The molecular weight excluding hydrogens is 525 g/mol. The van der Waals surface area contributed by atoms with Gasteiger partial charge in [0.1, 0.15) is 10.9 Å². The van der Waals surface area contributed by atoms with Gasteiger partial charge in [0.05, 0.1) is 17.7 Å². The van der Waals surface area contributed by atoms with Crippen molar-refractivity contribution < 1.29 is 22.7 Å². The van der Waals surface area contributed by atoms with Gasteiger partial charge < -0.3 is 15.4 Å². The molecule has 0 spiro atoms. The number of halogens is 2. The van der Waals surface area contributed by atoms with Gasteiger partial charge in [0.15, 0.2) is 0 Å². The molecule has 0 aromatic heterocycles. The monoisotopic (exact) mass is 561 g/mol. The summed E-state index contributed by atoms with van der Waals surface area (Å²) in [4.78, 5) is 25.5. The molecule has 2 N–H and O–H groups in total. The van der Waals surface area contributed by atoms with Crippen LogP contribution < -0.4 is 10.6 Å². The van der Waals surface area contributed by atoms with Crippen LogP contribution in [0.25, 0.3) is 0 Å². The summed E-state index contributed by atoms with van der Waals surface area (Å²) in [5.74, 6) is 0.432. The van der Waals surface area contributed by atoms with Crippen molar-refractivity contribution in [1.82, 2.24) is 14.9 Å². The average Bonchev–Trinajstić information content (AvgIpc) is 3.34. The number of ether oxygens (including phenoxy) is 1. The lowest BCUT2D eigenvalue weighted by Gasteiger charge is -2.32. The summed E-state index contributed by atoms with van der Waals surface area (Å²) in [6, 6.07) is 3.62. The average molecular weight is 563 g/mol. The van der Waals surface area contributed by atoms with Crippen molar-refractivity contribution in [3.05, 3.63) is 28.2 Å². The van der Waals surface area contributed by atoms with E-state index in [0.29, 0.717) is 23.8 Å². The van der Waals surface area contributed by atoms with Crippen LogP contribution in [0.2, 0.25) is 10.0 Å². The number of morpholine rings is 1. The van der Waals surface area contributed by atoms with E-state index in [-0.39, 0.29) is 53.9 Å². The second-order valence-corrected chi connectivity index (χ2v) is 12.9. The molecule has 2 fully saturated rings. The molecule has 11 heteroatoms. The van der Waals surface area contributed by atoms with Crippen molar-refractivity contribution in [2.45, 2.75) is 75.8 Å². The summed E-state index contributed by atoms with van der Waals surface area (Å²) in [7, 11) is -3.85. The summed E-state index contributed by atoms with van der Waals surface area (Å²) in [5, 5.41) is 6.15. The third-order valence-electron chi connectivity index (χ3n) is 6.73. The molecule has 0 bridgehead atoms. The Labute approximate surface area is 224 Å². The van der Waals surface area contributed by atoms with Gasteiger partial charge in [-0.3, -0.25) is 9.59 Å². The molecule has 1 aliphatic carbocycles. The molecule has 2 aliphatic rings. The molecule has 202 valence electrons. The lowest BCUT2D eigenvalue weighted by Crippen LogP contribution is -2.53. The zero-order chi connectivity index (χ0) is 26.3. The Balaban J connectivity index is 1.54. The van der Waals surface area contributed by atoms with E-state index in [2.05, 4.69) is 10.6 Å². The van der Waals surface area contributed by atoms with E-state index in [0.717, 1.165) is 6.42 Å². The number of hydrogen-bond acceptors (Lipinski definition) is 5. The fourth-order valence-corrected chi connectivity index (χ4v) is 7.00. The first-order valence-electron chi connectivity index (χ1n) is 12.7. The second-order valence-electron chi connectivity index (χ2n) is 10.1. The molecule has 0 radical (unpaired) electrons. The van der Waals surface area contributed by atoms with Gasteiger partial charge in [0.2, 0.25) is 21.8 Å². The van der Waals surface area contributed by atoms with Crippen LogP contribution in [0.3, 0.4) is 0 Å². The van der Waals surface area contributed by atoms with E-state index in [1.54, 1.807) is 0 Å². The van der Waals surface area contributed by atoms with E-state index >= 15 is 0 Å². The summed E-state index contributed by atoms with van der Waals surface area (Å²) in [6.45, 7) is 4.58. The van der Waals surface area contributed by atoms with E-state index in [1.807, 2.05) is 13.8 Å². The first kappa shape index (κ1) is 29.2. The maximum Gasteiger partial charge on any atom is 0.244 e. The standard InChI is InChI=1S/C25H37Cl2N3O5S/c1-17(2)13-22(29-24(31)10-7-18-5-3-4-6-18)25(32)28-15-20-16-30(11-12-35-20)36(33,34)23-9-8-19(26)14-21(23)27/h8-9,14,17-18,20,22H,3-7,10-13,15-16H2,1-2H3,(H,28,32)(H,29,31)/t20?,22-/m0/s1. The van der Waals surface area contributed by atoms with Gasteiger partial charge in [0.25, 0.3) is 0 Å². The first-order chi connectivity index (χ1) is 17.1. The maximum atomic E-state index is 13.1. The zero-order valence-electron chi connectivity index (χ0n) is 21.0. The summed E-state index contributed by atoms with van der Waals surface area (Å²) >= 11 is 12.0. The predicted molar refractivity (Wildman–Crippen MR) is 141 cm³/mol. The second kappa shape index (κ2) is 13.4. The third kappa shape index (κ3) is 8.31. The Morgan fingerprint density at radius 1 is 1.19 bits per heavy atom. The molecule has 2 atom stereocenters. The minimum Gasteiger partial charge on any atom is -0.374 e. The molecule has 36 heavy (non-hydrogen) atoms. The molecule has 2 amide bonds. The highest BCUT2D eigenvalue weighted by atomic mass is 35.5. The summed E-state index contributed by atoms with van der Waals surface area (Å²) in [5.41, 5.74) is 0. The van der Waals surface area contributed by atoms with Crippen molar-refractivity contribution in [2.24, 2.45) is 11.8 Å². The van der Waals surface area contributed by atoms with Gasteiger partial charge in [-0.15, -0.1) is 0 Å². The van der Waals surface area contributed by atoms with Gasteiger partial charge in [-0.2, -0.15) is 4.31 Å². The fraction of sp³-hybridized carbons (Fsp3) is 0.680. The van der Waals surface area contributed by atoms with Gasteiger partial charge >= 0.3 is 0 Å². The molecule has 3 rings (SSSR count). The Morgan fingerprint density at radius 2 is 1.92 bits per heavy atom. The van der Waals surface area contributed by atoms with E-state index < -0.39 is 22.2 Å². The van der Waals surface area contributed by atoms with Gasteiger partial charge in [0, 0.05) is 31.1 Å². The summed E-state index contributed by atoms with van der Waals surface area (Å²) < 4.78 is 33.3. The number of hydrogen-bond donors (Lipinski definition) is 2. The van der Waals surface area contributed by atoms with Crippen LogP contribution in [0.1, 0.15) is 58.8 Å². The van der Waals surface area contributed by atoms with Crippen LogP contribution in [0.4, 0.5) is 0 Å². The zero-order valence-corrected chi connectivity index (χ0v) is 23.3. The number of nitrogens with one attached hydrogen (secondary N) is 2. The first-order valence-corrected chi connectivity index (χ1v) is 14.9. The number of nitrogens with zero attached hydrogens (tertiary/aromatic N) is 1. The largest absolute Gasteiger partial charge is 0.374 e. The molecule has 1 saturated heterocycles. The van der Waals surface area contributed by atoms with E-state index in [1.165, 1.54) is 48.2 Å². The van der Waals surface area contributed by atoms with Crippen LogP contribution in [-0.2, 0) is 24.3 Å². The lowest BCUT2D eigenvalue weighted by molar-refractivity contribution is -0.130. The third-order valence-corrected chi connectivity index (χ3v) is 9.31. The van der Waals surface area contributed by atoms with Crippen molar-refractivity contribution in [3.63, 3.8) is 0 Å². The predicted octanol–water partition coefficient (Wildman–Crippen LogP) is 4.00. The lowest BCUT2D eigenvalue weighted by atomic mass is 10.00. The Hall–Kier alpha value is -1.39. The Bertz CT molecular complexity index is 1010. The molecule has 1 unspecified atom stereocenters. The smallest absolute Gasteiger partial charge is 0.244 e. The Morgan fingerprint density at radius 3 is 2.58 bits per heavy atom. The highest BCUT2D eigenvalue weighted by Crippen LogP contribution is 2.29. The topological polar surface area (TPSA) is 105 Å². The fourth-order valence-electron chi connectivity index (χ4n) is 4.80. The number of carbonyl (C=O) groups excluding carboxylic acids is 2. The molecule has 8 nitrogen and oxygen atoms in total. The highest BCUT2D eigenvalue weighted by Gasteiger charge is 2.33. The van der Waals surface area contributed by atoms with E-state index in [4.69, 9.17) is 27.9 Å². The van der Waals surface area contributed by atoms with Crippen molar-refractivity contribution >= 4 is 45.0 Å². The molecule has 1 saturated carbocycles. The molecule has 1 aromatic carbocycles. The number of benzene rings is 1. The van der Waals surface area contributed by atoms with Crippen LogP contribution in [0, 0.1) is 11.8 Å². The van der Waals surface area contributed by atoms with Gasteiger partial charge in [-0.25, -0.2) is 8.42 Å². The SMILES string of the molecule is CC(C)C[C@H](NC(=O)CCC1CCCC1)C(=O)NCC1CN(S(=O)(=O)c2ccc(Cl)cc2Cl)CCO1. The van der Waals surface area contributed by atoms with Crippen molar-refractivity contribution in [3.8, 4) is 0 Å². The number of carbonyl (C=O) groups is 2. The van der Waals surface area contributed by atoms with Crippen LogP contribution in [0.15, 0.2) is 23.1 Å². The minimum absolute atomic E-state index is 0.0180. The molecular formula is C25H37Cl2N3O5S. The Kier molecular flexibility index (Phi) is 10.9. The number of amides is 2. The molecule has 1 aliphatic heterocycles. The maximum absolute atomic E-state index is 13.1. The molecule has 1 aromatic rings. The summed E-state index contributed by atoms with van der Waals surface area (Å²) in [6.07, 6.45) is 6.11. The highest BCUT2D eigenvalue weighted by molar-refractivity contribution is 7.89. The van der Waals surface area contributed by atoms with Crippen LogP contribution in [-0.4, -0.2) is 62.9 Å². The van der Waals surface area contributed by atoms with Gasteiger partial charge in [-0.05, 0) is 42.9 Å². The van der Waals surface area contributed by atoms with Crippen molar-refractivity contribution in [1.29, 1.82) is 0 Å². The van der Waals surface area contributed by atoms with Gasteiger partial charge in [-0.1, -0.05) is 62.7 Å². The van der Waals surface area contributed by atoms with Crippen molar-refractivity contribution in [2.75, 3.05) is 26.2 Å². The van der Waals surface area contributed by atoms with Crippen LogP contribution >= 0.6 is 23.2 Å². The molecule has 1 heterocycles. The van der Waals surface area contributed by atoms with Crippen LogP contribution in [0.5, 0.6) is 0 Å². The van der Waals surface area contributed by atoms with E-state index in [9.17, 15) is 18.0 Å². The normalized spacial score (nSPS) is 20.4.